The van der Waals surface area contributed by atoms with Crippen LogP contribution in [0, 0.1) is 5.92 Å². The number of aromatic amines is 1. The van der Waals surface area contributed by atoms with Gasteiger partial charge >= 0.3 is 0 Å². The highest BCUT2D eigenvalue weighted by Crippen LogP contribution is 2.32. The number of likely N-dealkylation sites (tertiary alicyclic amines) is 1. The van der Waals surface area contributed by atoms with Gasteiger partial charge < -0.3 is 15.0 Å². The topological polar surface area (TPSA) is 103 Å². The fraction of sp³-hybridized carbons (Fsp3) is 0.429. The summed E-state index contributed by atoms with van der Waals surface area (Å²) in [4.78, 5) is 35.1. The summed E-state index contributed by atoms with van der Waals surface area (Å²) in [5.41, 5.74) is 3.48. The predicted molar refractivity (Wildman–Crippen MR) is 139 cm³/mol. The Morgan fingerprint density at radius 2 is 1.89 bits per heavy atom. The molecule has 190 valence electrons. The molecule has 5 heterocycles. The number of nitrogens with one attached hydrogen (secondary N) is 2. The first kappa shape index (κ1) is 22.6. The zero-order valence-electron chi connectivity index (χ0n) is 20.7. The summed E-state index contributed by atoms with van der Waals surface area (Å²) >= 11 is 0. The molecule has 9 heteroatoms. The van der Waals surface area contributed by atoms with E-state index in [1.165, 1.54) is 0 Å². The van der Waals surface area contributed by atoms with E-state index in [0.717, 1.165) is 59.2 Å². The van der Waals surface area contributed by atoms with E-state index in [4.69, 9.17) is 9.73 Å². The first-order valence-electron chi connectivity index (χ1n) is 13.2. The molecule has 7 rings (SSSR count). The van der Waals surface area contributed by atoms with E-state index in [-0.39, 0.29) is 23.8 Å². The third kappa shape index (κ3) is 3.84. The summed E-state index contributed by atoms with van der Waals surface area (Å²) in [6.45, 7) is 3.78. The van der Waals surface area contributed by atoms with Crippen LogP contribution in [0.2, 0.25) is 0 Å². The Kier molecular flexibility index (Phi) is 5.37. The molecule has 0 aliphatic carbocycles. The summed E-state index contributed by atoms with van der Waals surface area (Å²) in [5.74, 6) is 1.14. The minimum Gasteiger partial charge on any atom is -0.368 e. The van der Waals surface area contributed by atoms with Gasteiger partial charge in [-0.2, -0.15) is 5.10 Å². The number of carbonyl (C=O) groups excluding carboxylic acids is 2. The molecule has 0 radical (unpaired) electrons. The fourth-order valence-corrected chi connectivity index (χ4v) is 5.99. The van der Waals surface area contributed by atoms with E-state index in [2.05, 4.69) is 51.9 Å². The van der Waals surface area contributed by atoms with Crippen molar-refractivity contribution in [3.63, 3.8) is 0 Å². The number of carbonyl (C=O) groups is 2. The molecule has 0 bridgehead atoms. The van der Waals surface area contributed by atoms with Crippen molar-refractivity contribution in [1.82, 2.24) is 25.3 Å². The van der Waals surface area contributed by atoms with Crippen molar-refractivity contribution < 1.29 is 14.3 Å². The third-order valence-corrected chi connectivity index (χ3v) is 8.21. The lowest BCUT2D eigenvalue weighted by Gasteiger charge is -2.35. The van der Waals surface area contributed by atoms with E-state index in [1.807, 2.05) is 22.1 Å². The van der Waals surface area contributed by atoms with Crippen LogP contribution in [0.4, 0.5) is 0 Å². The number of benzene rings is 2. The van der Waals surface area contributed by atoms with Crippen LogP contribution in [0.15, 0.2) is 53.7 Å². The lowest BCUT2D eigenvalue weighted by Crippen LogP contribution is -2.63. The Hall–Kier alpha value is -3.56. The van der Waals surface area contributed by atoms with Crippen LogP contribution in [0.5, 0.6) is 0 Å². The van der Waals surface area contributed by atoms with Crippen molar-refractivity contribution in [1.29, 1.82) is 0 Å². The van der Waals surface area contributed by atoms with Crippen LogP contribution in [-0.2, 0) is 14.3 Å². The molecule has 0 unspecified atom stereocenters. The Morgan fingerprint density at radius 1 is 1.08 bits per heavy atom. The van der Waals surface area contributed by atoms with Crippen molar-refractivity contribution in [2.75, 3.05) is 39.3 Å². The molecule has 3 saturated heterocycles. The van der Waals surface area contributed by atoms with Gasteiger partial charge in [-0.3, -0.25) is 19.6 Å². The number of hydrogen-bond donors (Lipinski definition) is 2. The van der Waals surface area contributed by atoms with E-state index < -0.39 is 5.54 Å². The van der Waals surface area contributed by atoms with Gasteiger partial charge in [0, 0.05) is 50.3 Å². The van der Waals surface area contributed by atoms with Crippen molar-refractivity contribution in [3.8, 4) is 11.1 Å². The molecule has 2 N–H and O–H groups in total. The monoisotopic (exact) mass is 498 g/mol. The van der Waals surface area contributed by atoms with Gasteiger partial charge in [-0.1, -0.05) is 30.3 Å². The molecule has 3 aromatic rings. The number of H-pyrrole nitrogens is 1. The second-order valence-corrected chi connectivity index (χ2v) is 10.7. The molecule has 2 amide bonds. The summed E-state index contributed by atoms with van der Waals surface area (Å²) in [5, 5.41) is 11.4. The van der Waals surface area contributed by atoms with Gasteiger partial charge in [0.25, 0.3) is 11.8 Å². The van der Waals surface area contributed by atoms with Crippen molar-refractivity contribution in [2.24, 2.45) is 10.9 Å². The molecule has 1 aromatic heterocycles. The average molecular weight is 499 g/mol. The zero-order valence-corrected chi connectivity index (χ0v) is 20.7. The Morgan fingerprint density at radius 3 is 2.65 bits per heavy atom. The van der Waals surface area contributed by atoms with Crippen LogP contribution >= 0.6 is 0 Å². The molecule has 3 fully saturated rings. The first-order valence-corrected chi connectivity index (χ1v) is 13.2. The third-order valence-electron chi connectivity index (χ3n) is 8.21. The number of amides is 2. The number of ether oxygens (including phenoxy) is 1. The molecule has 1 spiro atoms. The second kappa shape index (κ2) is 8.78. The smallest absolute Gasteiger partial charge is 0.258 e. The molecule has 9 nitrogen and oxygen atoms in total. The van der Waals surface area contributed by atoms with Crippen molar-refractivity contribution in [3.05, 3.63) is 54.2 Å². The minimum absolute atomic E-state index is 0.0691. The number of fused-ring (bicyclic) bond motifs is 1. The number of nitrogens with zero attached hydrogens (tertiary/aromatic N) is 4. The maximum atomic E-state index is 13.6. The molecular formula is C28H30N6O3. The maximum Gasteiger partial charge on any atom is 0.258 e. The van der Waals surface area contributed by atoms with Gasteiger partial charge in [0.05, 0.1) is 11.7 Å². The lowest BCUT2D eigenvalue weighted by molar-refractivity contribution is -0.139. The standard InChI is InChI=1S/C28H30N6O3/c35-26(24-2-1-11-37-24)33-10-9-18(14-33)15-34-25(31-28(27(34)36)16-29-17-28)20-5-3-19(4-6-20)21-7-8-23-22(12-21)13-30-32-23/h3-8,12-13,18,24,29H,1-2,9-11,14-17H2,(H,30,32)/t18-,24-/m1/s1. The van der Waals surface area contributed by atoms with Gasteiger partial charge in [-0.15, -0.1) is 0 Å². The zero-order chi connectivity index (χ0) is 25.0. The quantitative estimate of drug-likeness (QED) is 0.562. The number of rotatable bonds is 5. The molecule has 4 aliphatic rings. The van der Waals surface area contributed by atoms with Gasteiger partial charge in [0.2, 0.25) is 0 Å². The molecular weight excluding hydrogens is 468 g/mol. The van der Waals surface area contributed by atoms with Crippen molar-refractivity contribution in [2.45, 2.75) is 30.9 Å². The van der Waals surface area contributed by atoms with Crippen LogP contribution in [-0.4, -0.2) is 88.6 Å². The molecule has 0 saturated carbocycles. The highest BCUT2D eigenvalue weighted by atomic mass is 16.5. The Bertz CT molecular complexity index is 1390. The Balaban J connectivity index is 1.11. The van der Waals surface area contributed by atoms with Crippen LogP contribution in [0.1, 0.15) is 24.8 Å². The largest absolute Gasteiger partial charge is 0.368 e. The highest BCUT2D eigenvalue weighted by Gasteiger charge is 2.53. The van der Waals surface area contributed by atoms with Crippen LogP contribution < -0.4 is 5.32 Å². The van der Waals surface area contributed by atoms with Gasteiger partial charge in [-0.25, -0.2) is 4.99 Å². The molecule has 4 aliphatic heterocycles. The fourth-order valence-electron chi connectivity index (χ4n) is 5.99. The highest BCUT2D eigenvalue weighted by molar-refractivity contribution is 6.16. The van der Waals surface area contributed by atoms with E-state index in [0.29, 0.717) is 32.8 Å². The number of aromatic nitrogens is 2. The first-order chi connectivity index (χ1) is 18.1. The second-order valence-electron chi connectivity index (χ2n) is 10.7. The average Bonchev–Trinajstić information content (AvgIpc) is 3.70. The van der Waals surface area contributed by atoms with Crippen LogP contribution in [0.25, 0.3) is 22.0 Å². The van der Waals surface area contributed by atoms with E-state index >= 15 is 0 Å². The number of amidine groups is 1. The van der Waals surface area contributed by atoms with Gasteiger partial charge in [0.1, 0.15) is 11.9 Å². The Labute approximate surface area is 214 Å². The van der Waals surface area contributed by atoms with E-state index in [9.17, 15) is 9.59 Å². The lowest BCUT2D eigenvalue weighted by atomic mass is 9.92. The van der Waals surface area contributed by atoms with Gasteiger partial charge in [-0.05, 0) is 48.4 Å². The maximum absolute atomic E-state index is 13.6. The molecule has 37 heavy (non-hydrogen) atoms. The van der Waals surface area contributed by atoms with Gasteiger partial charge in [0.15, 0.2) is 5.54 Å². The number of hydrogen-bond acceptors (Lipinski definition) is 6. The summed E-state index contributed by atoms with van der Waals surface area (Å²) < 4.78 is 5.61. The SMILES string of the molecule is O=C([C@H]1CCCO1)N1CC[C@@H](CN2C(=O)C3(CNC3)N=C2c2ccc(-c3ccc4[nH]ncc4c3)cc2)C1. The van der Waals surface area contributed by atoms with Crippen molar-refractivity contribution >= 4 is 28.6 Å². The molecule has 2 atom stereocenters. The minimum atomic E-state index is -0.688. The molecule has 2 aromatic carbocycles. The summed E-state index contributed by atoms with van der Waals surface area (Å²) in [6.07, 6.45) is 4.18. The summed E-state index contributed by atoms with van der Waals surface area (Å²) in [7, 11) is 0. The van der Waals surface area contributed by atoms with E-state index in [1.54, 1.807) is 0 Å². The summed E-state index contributed by atoms with van der Waals surface area (Å²) in [6, 6.07) is 14.5. The number of aliphatic imine (C=N–C) groups is 1. The van der Waals surface area contributed by atoms with Crippen LogP contribution in [0.3, 0.4) is 0 Å². The predicted octanol–water partition coefficient (Wildman–Crippen LogP) is 2.19. The normalized spacial score (nSPS) is 24.8.